The third-order valence-corrected chi connectivity index (χ3v) is 13.6. The largest absolute Gasteiger partial charge is 0.379 e. The van der Waals surface area contributed by atoms with Crippen LogP contribution in [0.15, 0.2) is 213 Å². The van der Waals surface area contributed by atoms with Gasteiger partial charge in [-0.3, -0.25) is 4.79 Å². The first-order valence-electron chi connectivity index (χ1n) is 17.3. The number of carbonyl (C=O) groups is 1. The van der Waals surface area contributed by atoms with Gasteiger partial charge in [0.1, 0.15) is 10.7 Å². The van der Waals surface area contributed by atoms with Crippen molar-refractivity contribution in [3.63, 3.8) is 0 Å². The van der Waals surface area contributed by atoms with E-state index in [0.29, 0.717) is 0 Å². The lowest BCUT2D eigenvalue weighted by atomic mass is 9.95. The SMILES string of the molecule is [N-]=[N+]=C1C=C(S(=O)(=O)Oc2ccc([S+](c3ccc(Sc4ccc(-c5ccccc5)cc4)cc3)c3ccc(-c4ccccc4)cc3)cc2)c2ccccc2C1=O. The van der Waals surface area contributed by atoms with Crippen LogP contribution in [-0.4, -0.2) is 24.7 Å². The van der Waals surface area contributed by atoms with Crippen molar-refractivity contribution in [2.24, 2.45) is 0 Å². The fraction of sp³-hybridized carbons (Fsp3) is 0. The first-order valence-corrected chi connectivity index (χ1v) is 20.8. The third kappa shape index (κ3) is 7.74. The van der Waals surface area contributed by atoms with Crippen molar-refractivity contribution in [2.75, 3.05) is 0 Å². The zero-order valence-corrected chi connectivity index (χ0v) is 31.6. The van der Waals surface area contributed by atoms with Gasteiger partial charge in [0.2, 0.25) is 0 Å². The number of hydrogen-bond donors (Lipinski definition) is 0. The summed E-state index contributed by atoms with van der Waals surface area (Å²) in [6, 6.07) is 59.5. The monoisotopic (exact) mass is 771 g/mol. The van der Waals surface area contributed by atoms with Crippen LogP contribution in [0.5, 0.6) is 5.75 Å². The Morgan fingerprint density at radius 3 is 1.45 bits per heavy atom. The fourth-order valence-corrected chi connectivity index (χ4v) is 10.3. The number of Topliss-reactive ketones (excluding diaryl/α,β-unsaturated/α-hetero) is 1. The number of ketones is 1. The molecule has 0 amide bonds. The Bertz CT molecular complexity index is 2690. The molecule has 0 spiro atoms. The maximum absolute atomic E-state index is 13.6. The summed E-state index contributed by atoms with van der Waals surface area (Å²) >= 11 is 1.70. The second-order valence-electron chi connectivity index (χ2n) is 12.5. The Kier molecular flexibility index (Phi) is 10.2. The van der Waals surface area contributed by atoms with Crippen molar-refractivity contribution in [3.05, 3.63) is 205 Å². The minimum absolute atomic E-state index is 0.106. The molecule has 7 aromatic carbocycles. The number of rotatable bonds is 10. The normalized spacial score (nSPS) is 13.0. The number of nitrogens with zero attached hydrogens (tertiary/aromatic N) is 2. The maximum atomic E-state index is 13.6. The molecule has 0 saturated carbocycles. The Hall–Kier alpha value is -6.22. The van der Waals surface area contributed by atoms with Crippen LogP contribution in [0.1, 0.15) is 15.9 Å². The van der Waals surface area contributed by atoms with E-state index >= 15 is 0 Å². The van der Waals surface area contributed by atoms with E-state index in [2.05, 4.69) is 102 Å². The lowest BCUT2D eigenvalue weighted by Crippen LogP contribution is -2.24. The molecule has 7 aromatic rings. The van der Waals surface area contributed by atoms with Crippen LogP contribution in [0, 0.1) is 0 Å². The smallest absolute Gasteiger partial charge is 0.364 e. The van der Waals surface area contributed by atoms with Crippen molar-refractivity contribution in [2.45, 2.75) is 24.5 Å². The fourth-order valence-electron chi connectivity index (χ4n) is 6.33. The van der Waals surface area contributed by atoms with Gasteiger partial charge in [-0.25, -0.2) is 0 Å². The molecular weight excluding hydrogens is 741 g/mol. The molecular formula is C46H31N2O4S3+. The summed E-state index contributed by atoms with van der Waals surface area (Å²) in [4.78, 5) is 20.9. The molecule has 6 nitrogen and oxygen atoms in total. The van der Waals surface area contributed by atoms with E-state index in [1.165, 1.54) is 23.3 Å². The van der Waals surface area contributed by atoms with E-state index in [0.717, 1.165) is 41.7 Å². The van der Waals surface area contributed by atoms with Gasteiger partial charge in [0.15, 0.2) is 14.7 Å². The van der Waals surface area contributed by atoms with E-state index in [9.17, 15) is 18.7 Å². The Balaban J connectivity index is 1.08. The van der Waals surface area contributed by atoms with Crippen molar-refractivity contribution in [3.8, 4) is 28.0 Å². The Morgan fingerprint density at radius 1 is 0.509 bits per heavy atom. The number of carbonyl (C=O) groups excluding carboxylic acids is 1. The molecule has 0 saturated heterocycles. The molecule has 0 heterocycles. The Labute approximate surface area is 326 Å². The number of benzene rings is 7. The molecule has 8 rings (SSSR count). The summed E-state index contributed by atoms with van der Waals surface area (Å²) in [5.41, 5.74) is 13.9. The van der Waals surface area contributed by atoms with Crippen LogP contribution >= 0.6 is 11.8 Å². The zero-order valence-electron chi connectivity index (χ0n) is 29.2. The predicted molar refractivity (Wildman–Crippen MR) is 220 cm³/mol. The first kappa shape index (κ1) is 35.8. The van der Waals surface area contributed by atoms with Gasteiger partial charge in [-0.05, 0) is 107 Å². The minimum Gasteiger partial charge on any atom is -0.379 e. The lowest BCUT2D eigenvalue weighted by molar-refractivity contribution is -0.00437. The highest BCUT2D eigenvalue weighted by molar-refractivity contribution is 7.99. The predicted octanol–water partition coefficient (Wildman–Crippen LogP) is 10.9. The molecule has 9 heteroatoms. The van der Waals surface area contributed by atoms with E-state index in [1.807, 2.05) is 48.5 Å². The van der Waals surface area contributed by atoms with Gasteiger partial charge in [0.05, 0.1) is 17.0 Å². The molecule has 0 N–H and O–H groups in total. The quantitative estimate of drug-likeness (QED) is 0.0597. The summed E-state index contributed by atoms with van der Waals surface area (Å²) in [6.07, 6.45) is 1.03. The highest BCUT2D eigenvalue weighted by Crippen LogP contribution is 2.37. The van der Waals surface area contributed by atoms with E-state index in [1.54, 1.807) is 36.0 Å². The molecule has 1 aliphatic carbocycles. The summed E-state index contributed by atoms with van der Waals surface area (Å²) in [5.74, 6) is -0.469. The van der Waals surface area contributed by atoms with Gasteiger partial charge >= 0.3 is 15.8 Å². The molecule has 0 bridgehead atoms. The molecule has 1 atom stereocenters. The van der Waals surface area contributed by atoms with Crippen molar-refractivity contribution in [1.29, 1.82) is 0 Å². The standard InChI is InChI=1S/C46H31N2O4S3/c47-48-44-31-45(42-13-7-8-14-43(42)46(44)49)55(50,51)52-36-19-27-40(28-20-36)54(39-25-17-35(18-26-39)33-11-5-2-6-12-33)41-29-23-38(24-30-41)53-37-21-15-34(16-22-37)32-9-3-1-4-10-32/h1-31H/q+1. The van der Waals surface area contributed by atoms with Crippen LogP contribution in [0.25, 0.3) is 32.7 Å². The van der Waals surface area contributed by atoms with Gasteiger partial charge in [-0.2, -0.15) is 13.2 Å². The molecule has 1 aliphatic rings. The van der Waals surface area contributed by atoms with Crippen LogP contribution < -0.4 is 4.18 Å². The van der Waals surface area contributed by atoms with Crippen LogP contribution in [-0.2, 0) is 21.0 Å². The van der Waals surface area contributed by atoms with Gasteiger partial charge < -0.3 is 9.71 Å². The molecule has 0 aliphatic heterocycles. The highest BCUT2D eigenvalue weighted by Gasteiger charge is 2.36. The van der Waals surface area contributed by atoms with Crippen LogP contribution in [0.4, 0.5) is 0 Å². The summed E-state index contributed by atoms with van der Waals surface area (Å²) in [6.45, 7) is 0. The third-order valence-electron chi connectivity index (χ3n) is 9.03. The molecule has 0 aromatic heterocycles. The van der Waals surface area contributed by atoms with Crippen molar-refractivity contribution >= 4 is 49.2 Å². The summed E-state index contributed by atoms with van der Waals surface area (Å²) in [5, 5.41) is 0. The average molecular weight is 772 g/mol. The van der Waals surface area contributed by atoms with E-state index in [4.69, 9.17) is 4.18 Å². The van der Waals surface area contributed by atoms with Crippen LogP contribution in [0.2, 0.25) is 0 Å². The topological polar surface area (TPSA) is 96.8 Å². The first-order chi connectivity index (χ1) is 26.9. The molecule has 1 unspecified atom stereocenters. The van der Waals surface area contributed by atoms with Gasteiger partial charge in [0, 0.05) is 20.9 Å². The van der Waals surface area contributed by atoms with Gasteiger partial charge in [-0.1, -0.05) is 109 Å². The molecule has 266 valence electrons. The van der Waals surface area contributed by atoms with Gasteiger partial charge in [0.25, 0.3) is 5.78 Å². The minimum atomic E-state index is -4.42. The maximum Gasteiger partial charge on any atom is 0.364 e. The van der Waals surface area contributed by atoms with Crippen molar-refractivity contribution < 1.29 is 22.2 Å². The zero-order chi connectivity index (χ0) is 37.8. The van der Waals surface area contributed by atoms with Gasteiger partial charge in [-0.15, -0.1) is 0 Å². The van der Waals surface area contributed by atoms with E-state index in [-0.39, 0.29) is 27.5 Å². The second-order valence-corrected chi connectivity index (χ2v) is 17.2. The van der Waals surface area contributed by atoms with Crippen LogP contribution in [0.3, 0.4) is 0 Å². The second kappa shape index (κ2) is 15.6. The molecule has 0 radical (unpaired) electrons. The Morgan fingerprint density at radius 2 is 0.927 bits per heavy atom. The highest BCUT2D eigenvalue weighted by atomic mass is 32.2. The number of allylic oxidation sites excluding steroid dienone is 1. The summed E-state index contributed by atoms with van der Waals surface area (Å²) < 4.78 is 32.8. The van der Waals surface area contributed by atoms with Crippen molar-refractivity contribution in [1.82, 2.24) is 0 Å². The molecule has 0 fully saturated rings. The van der Waals surface area contributed by atoms with E-state index < -0.39 is 26.8 Å². The lowest BCUT2D eigenvalue weighted by Gasteiger charge is -2.15. The molecule has 55 heavy (non-hydrogen) atoms. The summed E-state index contributed by atoms with van der Waals surface area (Å²) in [7, 11) is -4.96. The number of hydrogen-bond acceptors (Lipinski definition) is 5. The average Bonchev–Trinajstić information content (AvgIpc) is 3.23. The number of fused-ring (bicyclic) bond motifs is 1.